The van der Waals surface area contributed by atoms with Gasteiger partial charge in [0.05, 0.1) is 11.6 Å². The van der Waals surface area contributed by atoms with Crippen LogP contribution in [0.1, 0.15) is 42.5 Å². The van der Waals surface area contributed by atoms with Gasteiger partial charge < -0.3 is 10.2 Å². The second-order valence-corrected chi connectivity index (χ2v) is 7.75. The maximum absolute atomic E-state index is 13.1. The molecule has 2 heterocycles. The Hall–Kier alpha value is -3.93. The molecule has 1 saturated heterocycles. The van der Waals surface area contributed by atoms with Crippen molar-refractivity contribution in [3.05, 3.63) is 95.3 Å². The zero-order chi connectivity index (χ0) is 22.1. The number of phenols is 1. The zero-order valence-corrected chi connectivity index (χ0v) is 17.2. The van der Waals surface area contributed by atoms with Gasteiger partial charge in [-0.1, -0.05) is 38.1 Å². The number of carbonyl (C=O) groups excluding carboxylic acids is 2. The van der Waals surface area contributed by atoms with Crippen molar-refractivity contribution in [3.8, 4) is 5.75 Å². The predicted molar refractivity (Wildman–Crippen MR) is 118 cm³/mol. The maximum atomic E-state index is 13.1. The van der Waals surface area contributed by atoms with Crippen LogP contribution in [0.5, 0.6) is 5.75 Å². The molecule has 2 aromatic carbocycles. The Bertz CT molecular complexity index is 1170. The number of nitrogens with zero attached hydrogens (tertiary/aromatic N) is 2. The number of amides is 1. The normalized spacial score (nSPS) is 18.0. The molecular weight excluding hydrogens is 392 g/mol. The molecule has 0 bridgehead atoms. The molecule has 1 unspecified atom stereocenters. The van der Waals surface area contributed by atoms with Crippen LogP contribution in [0, 0.1) is 0 Å². The molecule has 6 heteroatoms. The van der Waals surface area contributed by atoms with E-state index in [1.165, 1.54) is 29.4 Å². The number of aromatic nitrogens is 1. The number of aromatic hydroxyl groups is 1. The molecule has 1 fully saturated rings. The molecule has 0 spiro atoms. The summed E-state index contributed by atoms with van der Waals surface area (Å²) in [6.07, 6.45) is 3.00. The first-order chi connectivity index (χ1) is 14.9. The number of anilines is 1. The lowest BCUT2D eigenvalue weighted by atomic mass is 9.95. The van der Waals surface area contributed by atoms with E-state index in [4.69, 9.17) is 0 Å². The Morgan fingerprint density at radius 1 is 1.00 bits per heavy atom. The van der Waals surface area contributed by atoms with E-state index >= 15 is 0 Å². The summed E-state index contributed by atoms with van der Waals surface area (Å²) < 4.78 is 0. The lowest BCUT2D eigenvalue weighted by Gasteiger charge is -2.26. The lowest BCUT2D eigenvalue weighted by Crippen LogP contribution is -2.29. The lowest BCUT2D eigenvalue weighted by molar-refractivity contribution is -0.132. The zero-order valence-electron chi connectivity index (χ0n) is 17.2. The first kappa shape index (κ1) is 20.3. The van der Waals surface area contributed by atoms with Gasteiger partial charge in [-0.15, -0.1) is 0 Å². The van der Waals surface area contributed by atoms with Gasteiger partial charge in [0.25, 0.3) is 11.7 Å². The molecule has 4 rings (SSSR count). The number of carbonyl (C=O) groups is 2. The average Bonchev–Trinajstić information content (AvgIpc) is 3.04. The Morgan fingerprint density at radius 2 is 1.68 bits per heavy atom. The smallest absolute Gasteiger partial charge is 0.300 e. The van der Waals surface area contributed by atoms with Gasteiger partial charge in [-0.2, -0.15) is 0 Å². The molecule has 0 aliphatic carbocycles. The van der Waals surface area contributed by atoms with Gasteiger partial charge in [-0.25, -0.2) is 0 Å². The number of Topliss-reactive ketones (excluding diaryl/α,β-unsaturated/α-hetero) is 1. The van der Waals surface area contributed by atoms with Crippen LogP contribution in [0.4, 0.5) is 5.69 Å². The number of rotatable bonds is 4. The van der Waals surface area contributed by atoms with E-state index in [0.29, 0.717) is 22.7 Å². The van der Waals surface area contributed by atoms with Crippen LogP contribution in [0.25, 0.3) is 5.76 Å². The Morgan fingerprint density at radius 3 is 2.29 bits per heavy atom. The standard InChI is InChI=1S/C25H22N2O4/c1-15(2)16-6-8-19(9-7-16)27-22(18-4-3-5-20(28)14-18)21(24(30)25(27)31)23(29)17-10-12-26-13-11-17/h3-15,22,28-29H,1-2H3/b23-21-. The van der Waals surface area contributed by atoms with Crippen LogP contribution < -0.4 is 4.90 Å². The van der Waals surface area contributed by atoms with Crippen molar-refractivity contribution in [2.45, 2.75) is 25.8 Å². The highest BCUT2D eigenvalue weighted by atomic mass is 16.3. The highest BCUT2D eigenvalue weighted by molar-refractivity contribution is 6.51. The van der Waals surface area contributed by atoms with Crippen LogP contribution >= 0.6 is 0 Å². The van der Waals surface area contributed by atoms with Gasteiger partial charge in [-0.05, 0) is 53.4 Å². The highest BCUT2D eigenvalue weighted by Gasteiger charge is 2.47. The maximum Gasteiger partial charge on any atom is 0.300 e. The fourth-order valence-corrected chi connectivity index (χ4v) is 3.79. The Kier molecular flexibility index (Phi) is 5.29. The van der Waals surface area contributed by atoms with E-state index in [2.05, 4.69) is 18.8 Å². The second kappa shape index (κ2) is 8.07. The number of aliphatic hydroxyl groups excluding tert-OH is 1. The quantitative estimate of drug-likeness (QED) is 0.372. The van der Waals surface area contributed by atoms with E-state index in [1.807, 2.05) is 12.1 Å². The molecule has 6 nitrogen and oxygen atoms in total. The van der Waals surface area contributed by atoms with Crippen LogP contribution in [0.2, 0.25) is 0 Å². The van der Waals surface area contributed by atoms with Crippen LogP contribution in [-0.4, -0.2) is 26.9 Å². The van der Waals surface area contributed by atoms with Crippen molar-refractivity contribution in [1.82, 2.24) is 4.98 Å². The van der Waals surface area contributed by atoms with Crippen molar-refractivity contribution >= 4 is 23.1 Å². The fraction of sp³-hybridized carbons (Fsp3) is 0.160. The molecule has 0 radical (unpaired) electrons. The monoisotopic (exact) mass is 414 g/mol. The van der Waals surface area contributed by atoms with Crippen molar-refractivity contribution in [3.63, 3.8) is 0 Å². The predicted octanol–water partition coefficient (Wildman–Crippen LogP) is 4.54. The topological polar surface area (TPSA) is 90.7 Å². The summed E-state index contributed by atoms with van der Waals surface area (Å²) in [5, 5.41) is 21.0. The second-order valence-electron chi connectivity index (χ2n) is 7.75. The van der Waals surface area contributed by atoms with Gasteiger partial charge in [0, 0.05) is 23.6 Å². The first-order valence-electron chi connectivity index (χ1n) is 9.98. The van der Waals surface area contributed by atoms with Gasteiger partial charge in [0.2, 0.25) is 0 Å². The molecule has 3 aromatic rings. The molecule has 31 heavy (non-hydrogen) atoms. The number of hydrogen-bond acceptors (Lipinski definition) is 5. The number of phenolic OH excluding ortho intramolecular Hbond substituents is 1. The molecule has 156 valence electrons. The number of pyridine rings is 1. The van der Waals surface area contributed by atoms with E-state index in [1.54, 1.807) is 36.4 Å². The molecule has 1 amide bonds. The summed E-state index contributed by atoms with van der Waals surface area (Å²) in [5.41, 5.74) is 2.51. The fourth-order valence-electron chi connectivity index (χ4n) is 3.79. The van der Waals surface area contributed by atoms with E-state index in [0.717, 1.165) is 5.56 Å². The van der Waals surface area contributed by atoms with Crippen LogP contribution in [-0.2, 0) is 9.59 Å². The number of benzene rings is 2. The molecular formula is C25H22N2O4. The molecule has 1 aliphatic heterocycles. The number of aliphatic hydroxyl groups is 1. The molecule has 1 aromatic heterocycles. The van der Waals surface area contributed by atoms with Crippen molar-refractivity contribution in [2.24, 2.45) is 0 Å². The minimum atomic E-state index is -0.884. The number of ketones is 1. The van der Waals surface area contributed by atoms with Gasteiger partial charge in [0.15, 0.2) is 0 Å². The van der Waals surface area contributed by atoms with E-state index in [-0.39, 0.29) is 17.1 Å². The third kappa shape index (κ3) is 3.68. The van der Waals surface area contributed by atoms with Gasteiger partial charge in [-0.3, -0.25) is 19.5 Å². The van der Waals surface area contributed by atoms with Gasteiger partial charge in [0.1, 0.15) is 11.5 Å². The summed E-state index contributed by atoms with van der Waals surface area (Å²) >= 11 is 0. The summed E-state index contributed by atoms with van der Waals surface area (Å²) in [4.78, 5) is 31.5. The minimum Gasteiger partial charge on any atom is -0.508 e. The SMILES string of the molecule is CC(C)c1ccc(N2C(=O)C(=O)/C(=C(\O)c3ccncc3)C2c2cccc(O)c2)cc1. The van der Waals surface area contributed by atoms with Crippen molar-refractivity contribution in [1.29, 1.82) is 0 Å². The highest BCUT2D eigenvalue weighted by Crippen LogP contribution is 2.42. The molecule has 1 atom stereocenters. The summed E-state index contributed by atoms with van der Waals surface area (Å²) in [6.45, 7) is 4.14. The third-order valence-corrected chi connectivity index (χ3v) is 5.42. The van der Waals surface area contributed by atoms with Crippen molar-refractivity contribution < 1.29 is 19.8 Å². The first-order valence-corrected chi connectivity index (χ1v) is 9.98. The summed E-state index contributed by atoms with van der Waals surface area (Å²) in [7, 11) is 0. The van der Waals surface area contributed by atoms with Crippen LogP contribution in [0.3, 0.4) is 0 Å². The Balaban J connectivity index is 1.92. The van der Waals surface area contributed by atoms with Gasteiger partial charge >= 0.3 is 0 Å². The Labute approximate surface area is 180 Å². The number of hydrogen-bond donors (Lipinski definition) is 2. The minimum absolute atomic E-state index is 0.00199. The largest absolute Gasteiger partial charge is 0.508 e. The summed E-state index contributed by atoms with van der Waals surface area (Å²) in [5.74, 6) is -1.48. The summed E-state index contributed by atoms with van der Waals surface area (Å²) in [6, 6.07) is 16.0. The average molecular weight is 414 g/mol. The molecule has 1 aliphatic rings. The third-order valence-electron chi connectivity index (χ3n) is 5.42. The van der Waals surface area contributed by atoms with Crippen LogP contribution in [0.15, 0.2) is 78.6 Å². The van der Waals surface area contributed by atoms with Crippen molar-refractivity contribution in [2.75, 3.05) is 4.90 Å². The van der Waals surface area contributed by atoms with E-state index < -0.39 is 17.7 Å². The molecule has 2 N–H and O–H groups in total. The van der Waals surface area contributed by atoms with E-state index in [9.17, 15) is 19.8 Å². The molecule has 0 saturated carbocycles.